The Morgan fingerprint density at radius 1 is 1.44 bits per heavy atom. The van der Waals surface area contributed by atoms with Crippen molar-refractivity contribution >= 4 is 27.5 Å². The Bertz CT molecular complexity index is 932. The summed E-state index contributed by atoms with van der Waals surface area (Å²) in [5.41, 5.74) is 0.308. The molecule has 0 bridgehead atoms. The average molecular weight is 413 g/mol. The van der Waals surface area contributed by atoms with Gasteiger partial charge < -0.3 is 4.90 Å². The Morgan fingerprint density at radius 2 is 2.19 bits per heavy atom. The van der Waals surface area contributed by atoms with Crippen LogP contribution in [0, 0.1) is 5.82 Å². The number of aromatic amines is 1. The van der Waals surface area contributed by atoms with Crippen LogP contribution in [0.15, 0.2) is 29.4 Å². The first-order valence-electron chi connectivity index (χ1n) is 8.65. The third-order valence-electron chi connectivity index (χ3n) is 4.50. The molecule has 1 aliphatic heterocycles. The molecule has 3 rings (SSSR count). The fraction of sp³-hybridized carbons (Fsp3) is 0.471. The Hall–Kier alpha value is -1.94. The minimum absolute atomic E-state index is 0.0159. The minimum Gasteiger partial charge on any atom is -0.338 e. The summed E-state index contributed by atoms with van der Waals surface area (Å²) in [7, 11) is -3.07. The Morgan fingerprint density at radius 3 is 2.81 bits per heavy atom. The molecule has 7 nitrogen and oxygen atoms in total. The van der Waals surface area contributed by atoms with Crippen LogP contribution in [0.2, 0.25) is 0 Å². The monoisotopic (exact) mass is 412 g/mol. The highest BCUT2D eigenvalue weighted by Crippen LogP contribution is 2.27. The summed E-state index contributed by atoms with van der Waals surface area (Å²) in [5.74, 6) is -0.127. The predicted octanol–water partition coefficient (Wildman–Crippen LogP) is 2.13. The van der Waals surface area contributed by atoms with Crippen LogP contribution in [0.4, 0.5) is 4.39 Å². The van der Waals surface area contributed by atoms with Crippen LogP contribution in [0.1, 0.15) is 20.3 Å². The van der Waals surface area contributed by atoms with Gasteiger partial charge in [0.2, 0.25) is 11.1 Å². The van der Waals surface area contributed by atoms with Crippen molar-refractivity contribution in [2.24, 2.45) is 0 Å². The van der Waals surface area contributed by atoms with Crippen LogP contribution in [-0.2, 0) is 14.6 Å². The second kappa shape index (κ2) is 7.97. The molecule has 1 fully saturated rings. The number of carbonyl (C=O) groups excluding carboxylic acids is 1. The van der Waals surface area contributed by atoms with Gasteiger partial charge in [0, 0.05) is 12.6 Å². The highest BCUT2D eigenvalue weighted by atomic mass is 32.2. The van der Waals surface area contributed by atoms with E-state index in [0.717, 1.165) is 11.8 Å². The summed E-state index contributed by atoms with van der Waals surface area (Å²) >= 11 is 1.16. The van der Waals surface area contributed by atoms with Crippen LogP contribution in [0.25, 0.3) is 11.4 Å². The van der Waals surface area contributed by atoms with Crippen LogP contribution in [0.5, 0.6) is 0 Å². The third kappa shape index (κ3) is 4.49. The lowest BCUT2D eigenvalue weighted by molar-refractivity contribution is -0.131. The van der Waals surface area contributed by atoms with E-state index in [-0.39, 0.29) is 23.5 Å². The van der Waals surface area contributed by atoms with E-state index >= 15 is 0 Å². The van der Waals surface area contributed by atoms with Gasteiger partial charge in [-0.1, -0.05) is 23.9 Å². The number of hydrogen-bond acceptors (Lipinski definition) is 6. The molecule has 146 valence electrons. The highest BCUT2D eigenvalue weighted by Gasteiger charge is 2.35. The van der Waals surface area contributed by atoms with Gasteiger partial charge in [-0.2, -0.15) is 0 Å². The van der Waals surface area contributed by atoms with Crippen molar-refractivity contribution < 1.29 is 17.6 Å². The standard InChI is InChI=1S/C17H21FN4O3S2/c1-3-22(12-8-9-27(24,25)10-12)16(23)11(2)26-17-19-15(20-21-17)13-6-4-5-7-14(13)18/h4-7,11-12H,3,8-10H2,1-2H3,(H,19,20,21)/t11-,12+/m1/s1. The van der Waals surface area contributed by atoms with Crippen molar-refractivity contribution in [3.05, 3.63) is 30.1 Å². The molecular formula is C17H21FN4O3S2. The number of H-pyrrole nitrogens is 1. The molecule has 0 radical (unpaired) electrons. The number of hydrogen-bond donors (Lipinski definition) is 1. The molecule has 1 aromatic heterocycles. The number of sulfone groups is 1. The molecule has 1 aromatic carbocycles. The third-order valence-corrected chi connectivity index (χ3v) is 7.20. The lowest BCUT2D eigenvalue weighted by atomic mass is 10.2. The molecule has 2 atom stereocenters. The summed E-state index contributed by atoms with van der Waals surface area (Å²) in [5, 5.41) is 6.59. The van der Waals surface area contributed by atoms with Gasteiger partial charge >= 0.3 is 0 Å². The van der Waals surface area contributed by atoms with Gasteiger partial charge in [0.1, 0.15) is 5.82 Å². The maximum Gasteiger partial charge on any atom is 0.236 e. The van der Waals surface area contributed by atoms with Gasteiger partial charge in [0.05, 0.1) is 22.3 Å². The Balaban J connectivity index is 1.69. The molecule has 1 aliphatic rings. The molecular weight excluding hydrogens is 391 g/mol. The van der Waals surface area contributed by atoms with E-state index in [2.05, 4.69) is 15.2 Å². The maximum atomic E-state index is 13.9. The molecule has 2 heterocycles. The van der Waals surface area contributed by atoms with Crippen molar-refractivity contribution in [1.82, 2.24) is 20.1 Å². The van der Waals surface area contributed by atoms with E-state index in [1.807, 2.05) is 6.92 Å². The quantitative estimate of drug-likeness (QED) is 0.730. The number of amides is 1. The summed E-state index contributed by atoms with van der Waals surface area (Å²) in [6.45, 7) is 4.01. The normalized spacial score (nSPS) is 19.7. The number of thioether (sulfide) groups is 1. The molecule has 0 spiro atoms. The number of rotatable bonds is 6. The van der Waals surface area contributed by atoms with Gasteiger partial charge in [-0.3, -0.25) is 9.89 Å². The first kappa shape index (κ1) is 19.8. The number of aromatic nitrogens is 3. The van der Waals surface area contributed by atoms with E-state index in [1.54, 1.807) is 30.0 Å². The first-order valence-corrected chi connectivity index (χ1v) is 11.4. The zero-order valence-corrected chi connectivity index (χ0v) is 16.7. The van der Waals surface area contributed by atoms with Crippen LogP contribution in [-0.4, -0.2) is 63.7 Å². The predicted molar refractivity (Wildman–Crippen MR) is 102 cm³/mol. The lowest BCUT2D eigenvalue weighted by Crippen LogP contribution is -2.44. The molecule has 0 aliphatic carbocycles. The van der Waals surface area contributed by atoms with Crippen LogP contribution < -0.4 is 0 Å². The van der Waals surface area contributed by atoms with Crippen LogP contribution in [0.3, 0.4) is 0 Å². The van der Waals surface area contributed by atoms with Gasteiger partial charge in [-0.15, -0.1) is 5.10 Å². The zero-order valence-electron chi connectivity index (χ0n) is 15.1. The second-order valence-corrected chi connectivity index (χ2v) is 9.92. The van der Waals surface area contributed by atoms with Crippen molar-refractivity contribution in [3.8, 4) is 11.4 Å². The number of nitrogens with one attached hydrogen (secondary N) is 1. The molecule has 1 N–H and O–H groups in total. The Kier molecular flexibility index (Phi) is 5.85. The molecule has 2 aromatic rings. The maximum absolute atomic E-state index is 13.9. The number of nitrogens with zero attached hydrogens (tertiary/aromatic N) is 3. The second-order valence-electron chi connectivity index (χ2n) is 6.39. The number of halogens is 1. The molecule has 10 heteroatoms. The SMILES string of the molecule is CCN(C(=O)[C@@H](C)Sc1n[nH]c(-c2ccccc2F)n1)[C@H]1CCS(=O)(=O)C1. The summed E-state index contributed by atoms with van der Waals surface area (Å²) in [6, 6.07) is 5.95. The fourth-order valence-electron chi connectivity index (χ4n) is 3.13. The van der Waals surface area contributed by atoms with E-state index in [9.17, 15) is 17.6 Å². The molecule has 1 saturated heterocycles. The summed E-state index contributed by atoms with van der Waals surface area (Å²) < 4.78 is 37.3. The first-order chi connectivity index (χ1) is 12.8. The topological polar surface area (TPSA) is 96.0 Å². The fourth-order valence-corrected chi connectivity index (χ4v) is 5.66. The summed E-state index contributed by atoms with van der Waals surface area (Å²) in [4.78, 5) is 18.7. The Labute approximate surface area is 161 Å². The van der Waals surface area contributed by atoms with E-state index < -0.39 is 20.9 Å². The smallest absolute Gasteiger partial charge is 0.236 e. The van der Waals surface area contributed by atoms with Crippen molar-refractivity contribution in [1.29, 1.82) is 0 Å². The van der Waals surface area contributed by atoms with Gasteiger partial charge in [-0.05, 0) is 32.4 Å². The minimum atomic E-state index is -3.07. The van der Waals surface area contributed by atoms with Crippen molar-refractivity contribution in [3.63, 3.8) is 0 Å². The van der Waals surface area contributed by atoms with E-state index in [4.69, 9.17) is 0 Å². The largest absolute Gasteiger partial charge is 0.338 e. The number of benzene rings is 1. The molecule has 0 unspecified atom stereocenters. The van der Waals surface area contributed by atoms with Crippen molar-refractivity contribution in [2.75, 3.05) is 18.1 Å². The number of carbonyl (C=O) groups is 1. The van der Waals surface area contributed by atoms with Gasteiger partial charge in [-0.25, -0.2) is 17.8 Å². The average Bonchev–Trinajstić information content (AvgIpc) is 3.22. The van der Waals surface area contributed by atoms with E-state index in [0.29, 0.717) is 29.5 Å². The highest BCUT2D eigenvalue weighted by molar-refractivity contribution is 8.00. The van der Waals surface area contributed by atoms with Crippen molar-refractivity contribution in [2.45, 2.75) is 36.7 Å². The molecule has 0 saturated carbocycles. The van der Waals surface area contributed by atoms with Crippen LogP contribution >= 0.6 is 11.8 Å². The van der Waals surface area contributed by atoms with Gasteiger partial charge in [0.25, 0.3) is 0 Å². The summed E-state index contributed by atoms with van der Waals surface area (Å²) in [6.07, 6.45) is 0.470. The zero-order chi connectivity index (χ0) is 19.6. The van der Waals surface area contributed by atoms with Gasteiger partial charge in [0.15, 0.2) is 15.7 Å². The lowest BCUT2D eigenvalue weighted by Gasteiger charge is -2.29. The molecule has 1 amide bonds. The molecule has 27 heavy (non-hydrogen) atoms. The van der Waals surface area contributed by atoms with E-state index in [1.165, 1.54) is 6.07 Å².